The van der Waals surface area contributed by atoms with E-state index in [0.717, 1.165) is 0 Å². The number of nitrogens with two attached hydrogens (primary N) is 1. The van der Waals surface area contributed by atoms with Crippen molar-refractivity contribution in [3.05, 3.63) is 24.2 Å². The minimum atomic E-state index is -0.561. The van der Waals surface area contributed by atoms with Gasteiger partial charge in [0.25, 0.3) is 0 Å². The summed E-state index contributed by atoms with van der Waals surface area (Å²) < 4.78 is 11.3. The number of pyridine rings is 1. The largest absolute Gasteiger partial charge is 0.465 e. The van der Waals surface area contributed by atoms with Crippen LogP contribution in [0, 0.1) is 0 Å². The third-order valence-corrected chi connectivity index (χ3v) is 2.09. The first-order valence-electron chi connectivity index (χ1n) is 4.97. The smallest absolute Gasteiger partial charge is 0.342 e. The Bertz CT molecular complexity index is 581. The van der Waals surface area contributed by atoms with Crippen LogP contribution in [0.4, 0.5) is 5.69 Å². The van der Waals surface area contributed by atoms with Gasteiger partial charge < -0.3 is 15.2 Å². The number of ether oxygens (including phenoxy) is 2. The first-order valence-corrected chi connectivity index (χ1v) is 4.97. The fourth-order valence-corrected chi connectivity index (χ4v) is 1.25. The van der Waals surface area contributed by atoms with E-state index in [4.69, 9.17) is 10.5 Å². The molecule has 2 rings (SSSR count). The minimum Gasteiger partial charge on any atom is -0.465 e. The highest BCUT2D eigenvalue weighted by molar-refractivity contribution is 5.95. The van der Waals surface area contributed by atoms with Crippen LogP contribution in [0.5, 0.6) is 11.9 Å². The molecule has 2 aromatic rings. The van der Waals surface area contributed by atoms with Crippen molar-refractivity contribution in [2.24, 2.45) is 7.05 Å². The molecule has 2 heterocycles. The molecule has 0 bridgehead atoms. The van der Waals surface area contributed by atoms with Crippen molar-refractivity contribution >= 4 is 11.7 Å². The van der Waals surface area contributed by atoms with Gasteiger partial charge in [0.2, 0.25) is 5.88 Å². The number of anilines is 1. The molecule has 0 aliphatic carbocycles. The van der Waals surface area contributed by atoms with E-state index in [1.165, 1.54) is 30.4 Å². The summed E-state index contributed by atoms with van der Waals surface area (Å²) in [4.78, 5) is 19.2. The maximum atomic E-state index is 11.4. The maximum Gasteiger partial charge on any atom is 0.342 e. The lowest BCUT2D eigenvalue weighted by molar-refractivity contribution is 0.0601. The van der Waals surface area contributed by atoms with Gasteiger partial charge in [-0.15, -0.1) is 5.10 Å². The van der Waals surface area contributed by atoms with Gasteiger partial charge in [-0.2, -0.15) is 4.98 Å². The fraction of sp³-hybridized carbons (Fsp3) is 0.200. The van der Waals surface area contributed by atoms with Crippen molar-refractivity contribution in [3.63, 3.8) is 0 Å². The standard InChI is InChI=1S/C10H11N5O3/c1-15-5-13-10(14-15)18-8-3-6(9(16)17-2)7(11)4-12-8/h3-5H,11H2,1-2H3. The zero-order valence-corrected chi connectivity index (χ0v) is 9.82. The SMILES string of the molecule is COC(=O)c1cc(Oc2ncn(C)n2)ncc1N. The molecule has 18 heavy (non-hydrogen) atoms. The number of carbonyl (C=O) groups excluding carboxylic acids is 1. The predicted molar refractivity (Wildman–Crippen MR) is 61.1 cm³/mol. The second kappa shape index (κ2) is 4.70. The van der Waals surface area contributed by atoms with Gasteiger partial charge in [-0.05, 0) is 0 Å². The third-order valence-electron chi connectivity index (χ3n) is 2.09. The predicted octanol–water partition coefficient (Wildman–Crippen LogP) is 0.371. The summed E-state index contributed by atoms with van der Waals surface area (Å²) in [7, 11) is 2.97. The Morgan fingerprint density at radius 3 is 2.83 bits per heavy atom. The molecule has 94 valence electrons. The van der Waals surface area contributed by atoms with Gasteiger partial charge in [0.15, 0.2) is 0 Å². The number of methoxy groups -OCH3 is 1. The van der Waals surface area contributed by atoms with E-state index in [9.17, 15) is 4.79 Å². The Labute approximate surface area is 102 Å². The van der Waals surface area contributed by atoms with Crippen molar-refractivity contribution in [3.8, 4) is 11.9 Å². The molecule has 0 saturated carbocycles. The van der Waals surface area contributed by atoms with Crippen molar-refractivity contribution in [1.29, 1.82) is 0 Å². The van der Waals surface area contributed by atoms with Crippen LogP contribution in [0.15, 0.2) is 18.6 Å². The Morgan fingerprint density at radius 2 is 2.22 bits per heavy atom. The summed E-state index contributed by atoms with van der Waals surface area (Å²) in [6.45, 7) is 0. The first-order chi connectivity index (χ1) is 8.60. The lowest BCUT2D eigenvalue weighted by Crippen LogP contribution is -2.06. The van der Waals surface area contributed by atoms with Gasteiger partial charge in [0.1, 0.15) is 6.33 Å². The van der Waals surface area contributed by atoms with E-state index in [0.29, 0.717) is 0 Å². The molecule has 0 aliphatic heterocycles. The van der Waals surface area contributed by atoms with E-state index in [1.807, 2.05) is 0 Å². The van der Waals surface area contributed by atoms with Crippen LogP contribution < -0.4 is 10.5 Å². The lowest BCUT2D eigenvalue weighted by atomic mass is 10.2. The molecule has 0 amide bonds. The van der Waals surface area contributed by atoms with Gasteiger partial charge >= 0.3 is 12.0 Å². The van der Waals surface area contributed by atoms with Gasteiger partial charge in [0, 0.05) is 13.1 Å². The van der Waals surface area contributed by atoms with Crippen LogP contribution in [0.3, 0.4) is 0 Å². The molecule has 8 heteroatoms. The average molecular weight is 249 g/mol. The van der Waals surface area contributed by atoms with Crippen LogP contribution in [-0.2, 0) is 11.8 Å². The molecule has 0 saturated heterocycles. The summed E-state index contributed by atoms with van der Waals surface area (Å²) in [5.74, 6) is -0.399. The Morgan fingerprint density at radius 1 is 1.44 bits per heavy atom. The molecule has 0 spiro atoms. The molecule has 2 N–H and O–H groups in total. The summed E-state index contributed by atoms with van der Waals surface area (Å²) in [6, 6.07) is 1.50. The number of hydrogen-bond donors (Lipinski definition) is 1. The molecular weight excluding hydrogens is 238 g/mol. The topological polar surface area (TPSA) is 105 Å². The molecule has 0 aliphatic rings. The number of hydrogen-bond acceptors (Lipinski definition) is 7. The quantitative estimate of drug-likeness (QED) is 0.783. The normalized spacial score (nSPS) is 10.1. The summed E-state index contributed by atoms with van der Waals surface area (Å²) in [6.07, 6.45) is 2.79. The highest BCUT2D eigenvalue weighted by Crippen LogP contribution is 2.20. The second-order valence-corrected chi connectivity index (χ2v) is 3.40. The monoisotopic (exact) mass is 249 g/mol. The van der Waals surface area contributed by atoms with E-state index in [1.54, 1.807) is 7.05 Å². The number of nitrogens with zero attached hydrogens (tertiary/aromatic N) is 4. The van der Waals surface area contributed by atoms with Crippen LogP contribution in [0.25, 0.3) is 0 Å². The van der Waals surface area contributed by atoms with Crippen molar-refractivity contribution in [1.82, 2.24) is 19.7 Å². The maximum absolute atomic E-state index is 11.4. The van der Waals surface area contributed by atoms with Crippen molar-refractivity contribution in [2.75, 3.05) is 12.8 Å². The van der Waals surface area contributed by atoms with Crippen LogP contribution in [0.1, 0.15) is 10.4 Å². The number of aromatic nitrogens is 4. The van der Waals surface area contributed by atoms with Crippen LogP contribution in [-0.4, -0.2) is 32.8 Å². The summed E-state index contributed by atoms with van der Waals surface area (Å²) >= 11 is 0. The Kier molecular flexibility index (Phi) is 3.09. The number of aryl methyl sites for hydroxylation is 1. The molecule has 0 atom stereocenters. The van der Waals surface area contributed by atoms with E-state index in [-0.39, 0.29) is 23.1 Å². The number of nitrogen functional groups attached to an aromatic ring is 1. The van der Waals surface area contributed by atoms with Gasteiger partial charge in [-0.3, -0.25) is 4.68 Å². The number of carbonyl (C=O) groups is 1. The second-order valence-electron chi connectivity index (χ2n) is 3.40. The fourth-order valence-electron chi connectivity index (χ4n) is 1.25. The van der Waals surface area contributed by atoms with Gasteiger partial charge in [-0.25, -0.2) is 9.78 Å². The molecule has 0 aromatic carbocycles. The van der Waals surface area contributed by atoms with Crippen LogP contribution in [0.2, 0.25) is 0 Å². The third kappa shape index (κ3) is 2.37. The summed E-state index contributed by atoms with van der Waals surface area (Å²) in [5, 5.41) is 3.92. The van der Waals surface area contributed by atoms with Crippen LogP contribution >= 0.6 is 0 Å². The lowest BCUT2D eigenvalue weighted by Gasteiger charge is -2.05. The highest BCUT2D eigenvalue weighted by Gasteiger charge is 2.13. The Balaban J connectivity index is 2.27. The van der Waals surface area contributed by atoms with Gasteiger partial charge in [-0.1, -0.05) is 0 Å². The summed E-state index contributed by atoms with van der Waals surface area (Å²) in [5.41, 5.74) is 6.00. The van der Waals surface area contributed by atoms with Gasteiger partial charge in [0.05, 0.1) is 24.6 Å². The van der Waals surface area contributed by atoms with E-state index < -0.39 is 5.97 Å². The van der Waals surface area contributed by atoms with E-state index >= 15 is 0 Å². The highest BCUT2D eigenvalue weighted by atomic mass is 16.5. The average Bonchev–Trinajstić information content (AvgIpc) is 2.76. The molecule has 8 nitrogen and oxygen atoms in total. The molecule has 2 aromatic heterocycles. The zero-order valence-electron chi connectivity index (χ0n) is 9.82. The van der Waals surface area contributed by atoms with E-state index in [2.05, 4.69) is 19.8 Å². The molecule has 0 radical (unpaired) electrons. The van der Waals surface area contributed by atoms with Crippen molar-refractivity contribution in [2.45, 2.75) is 0 Å². The minimum absolute atomic E-state index is 0.130. The Hall–Kier alpha value is -2.64. The number of esters is 1. The first kappa shape index (κ1) is 11.8. The molecule has 0 fully saturated rings. The molecule has 0 unspecified atom stereocenters. The zero-order chi connectivity index (χ0) is 13.1. The van der Waals surface area contributed by atoms with Crippen molar-refractivity contribution < 1.29 is 14.3 Å². The molecular formula is C10H11N5O3. The number of rotatable bonds is 3.